The smallest absolute Gasteiger partial charge is 0.0518 e. The van der Waals surface area contributed by atoms with E-state index in [-0.39, 0.29) is 0 Å². The topological polar surface area (TPSA) is 21.3 Å². The molecule has 0 aliphatic rings. The van der Waals surface area contributed by atoms with E-state index >= 15 is 0 Å². The number of hydrogen-bond acceptors (Lipinski definition) is 3. The van der Waals surface area contributed by atoms with Gasteiger partial charge < -0.3 is 4.74 Å². The molecule has 0 heterocycles. The highest BCUT2D eigenvalue weighted by molar-refractivity contribution is 7.96. The summed E-state index contributed by atoms with van der Waals surface area (Å²) in [7, 11) is 0. The van der Waals surface area contributed by atoms with Crippen LogP contribution in [0, 0.1) is 0 Å². The van der Waals surface area contributed by atoms with Crippen molar-refractivity contribution in [3.05, 3.63) is 0 Å². The van der Waals surface area contributed by atoms with Crippen molar-refractivity contribution in [1.29, 1.82) is 0 Å². The molecular formula is C11H25NOS. The van der Waals surface area contributed by atoms with Crippen molar-refractivity contribution < 1.29 is 4.74 Å². The Morgan fingerprint density at radius 1 is 1.14 bits per heavy atom. The summed E-state index contributed by atoms with van der Waals surface area (Å²) >= 11 is 1.71. The normalized spacial score (nSPS) is 13.5. The Labute approximate surface area is 93.3 Å². The second-order valence-electron chi connectivity index (χ2n) is 3.99. The van der Waals surface area contributed by atoms with Crippen molar-refractivity contribution in [2.24, 2.45) is 0 Å². The van der Waals surface area contributed by atoms with Crippen LogP contribution >= 0.6 is 11.9 Å². The predicted molar refractivity (Wildman–Crippen MR) is 65.7 cm³/mol. The summed E-state index contributed by atoms with van der Waals surface area (Å²) in [5.74, 6) is 0. The van der Waals surface area contributed by atoms with Crippen LogP contribution in [0.25, 0.3) is 0 Å². The first kappa shape index (κ1) is 14.3. The van der Waals surface area contributed by atoms with E-state index in [1.807, 2.05) is 0 Å². The molecule has 1 unspecified atom stereocenters. The van der Waals surface area contributed by atoms with Gasteiger partial charge in [-0.2, -0.15) is 0 Å². The van der Waals surface area contributed by atoms with Crippen LogP contribution in [-0.2, 0) is 4.74 Å². The van der Waals surface area contributed by atoms with Gasteiger partial charge in [-0.25, -0.2) is 0 Å². The van der Waals surface area contributed by atoms with E-state index < -0.39 is 0 Å². The van der Waals surface area contributed by atoms with Crippen LogP contribution in [-0.4, -0.2) is 25.0 Å². The zero-order chi connectivity index (χ0) is 10.8. The fraction of sp³-hybridized carbons (Fsp3) is 1.00. The van der Waals surface area contributed by atoms with Gasteiger partial charge in [0.2, 0.25) is 0 Å². The predicted octanol–water partition coefficient (Wildman–Crippen LogP) is 3.23. The lowest BCUT2D eigenvalue weighted by molar-refractivity contribution is 0.0756. The number of ether oxygens (including phenoxy) is 1. The third-order valence-corrected chi connectivity index (χ3v) is 2.69. The highest BCUT2D eigenvalue weighted by Gasteiger charge is 1.99. The van der Waals surface area contributed by atoms with Gasteiger partial charge in [0.05, 0.1) is 6.10 Å². The van der Waals surface area contributed by atoms with E-state index in [1.54, 1.807) is 11.9 Å². The van der Waals surface area contributed by atoms with Crippen LogP contribution < -0.4 is 4.72 Å². The molecule has 14 heavy (non-hydrogen) atoms. The molecule has 0 aliphatic carbocycles. The maximum absolute atomic E-state index is 5.48. The van der Waals surface area contributed by atoms with Crippen LogP contribution in [0.3, 0.4) is 0 Å². The second-order valence-corrected chi connectivity index (χ2v) is 4.64. The van der Waals surface area contributed by atoms with Crippen molar-refractivity contribution in [2.45, 2.75) is 58.6 Å². The van der Waals surface area contributed by atoms with Gasteiger partial charge in [-0.1, -0.05) is 24.8 Å². The highest BCUT2D eigenvalue weighted by atomic mass is 32.2. The molecule has 0 aromatic heterocycles. The van der Waals surface area contributed by atoms with Gasteiger partial charge in [0.25, 0.3) is 0 Å². The number of rotatable bonds is 9. The molecular weight excluding hydrogens is 194 g/mol. The standard InChI is InChI=1S/C11H25NOS/c1-10(2)13-9-7-5-6-8-11(3)12-14-4/h10-12H,5-9H2,1-4H3. The third kappa shape index (κ3) is 10.4. The Morgan fingerprint density at radius 2 is 1.86 bits per heavy atom. The van der Waals surface area contributed by atoms with Gasteiger partial charge in [-0.05, 0) is 39.9 Å². The summed E-state index contributed by atoms with van der Waals surface area (Å²) in [5.41, 5.74) is 0. The second kappa shape index (κ2) is 9.81. The summed E-state index contributed by atoms with van der Waals surface area (Å²) in [6.45, 7) is 7.33. The first-order valence-electron chi connectivity index (χ1n) is 5.57. The Morgan fingerprint density at radius 3 is 2.43 bits per heavy atom. The minimum absolute atomic E-state index is 0.382. The van der Waals surface area contributed by atoms with Crippen molar-refractivity contribution in [3.63, 3.8) is 0 Å². The lowest BCUT2D eigenvalue weighted by Crippen LogP contribution is -2.18. The van der Waals surface area contributed by atoms with Crippen LogP contribution in [0.15, 0.2) is 0 Å². The number of unbranched alkanes of at least 4 members (excludes halogenated alkanes) is 2. The molecule has 0 bridgehead atoms. The van der Waals surface area contributed by atoms with Crippen LogP contribution in [0.4, 0.5) is 0 Å². The molecule has 0 fully saturated rings. The quantitative estimate of drug-likeness (QED) is 0.475. The van der Waals surface area contributed by atoms with Crippen LogP contribution in [0.5, 0.6) is 0 Å². The molecule has 0 aromatic rings. The fourth-order valence-electron chi connectivity index (χ4n) is 1.31. The van der Waals surface area contributed by atoms with Gasteiger partial charge in [0.15, 0.2) is 0 Å². The summed E-state index contributed by atoms with van der Waals surface area (Å²) in [6, 6.07) is 0.635. The van der Waals surface area contributed by atoms with E-state index in [0.29, 0.717) is 12.1 Å². The maximum Gasteiger partial charge on any atom is 0.0518 e. The van der Waals surface area contributed by atoms with Crippen molar-refractivity contribution >= 4 is 11.9 Å². The van der Waals surface area contributed by atoms with Gasteiger partial charge in [0.1, 0.15) is 0 Å². The monoisotopic (exact) mass is 219 g/mol. The van der Waals surface area contributed by atoms with Gasteiger partial charge in [-0.15, -0.1) is 0 Å². The summed E-state index contributed by atoms with van der Waals surface area (Å²) in [4.78, 5) is 0. The van der Waals surface area contributed by atoms with Gasteiger partial charge in [0, 0.05) is 12.6 Å². The maximum atomic E-state index is 5.48. The Kier molecular flexibility index (Phi) is 10.0. The number of nitrogens with one attached hydrogen (secondary N) is 1. The largest absolute Gasteiger partial charge is 0.379 e. The molecule has 0 radical (unpaired) electrons. The Hall–Kier alpha value is 0.270. The average molecular weight is 219 g/mol. The highest BCUT2D eigenvalue weighted by Crippen LogP contribution is 2.05. The third-order valence-electron chi connectivity index (χ3n) is 2.05. The molecule has 0 aliphatic heterocycles. The zero-order valence-electron chi connectivity index (χ0n) is 10.0. The van der Waals surface area contributed by atoms with E-state index in [4.69, 9.17) is 4.74 Å². The zero-order valence-corrected chi connectivity index (χ0v) is 10.8. The summed E-state index contributed by atoms with van der Waals surface area (Å²) in [6.07, 6.45) is 7.51. The molecule has 0 rings (SSSR count). The minimum atomic E-state index is 0.382. The van der Waals surface area contributed by atoms with Crippen LogP contribution in [0.1, 0.15) is 46.5 Å². The van der Waals surface area contributed by atoms with E-state index in [2.05, 4.69) is 31.7 Å². The molecule has 0 amide bonds. The van der Waals surface area contributed by atoms with Crippen molar-refractivity contribution in [2.75, 3.05) is 12.9 Å². The Balaban J connectivity index is 3.05. The van der Waals surface area contributed by atoms with E-state index in [1.165, 1.54) is 25.7 Å². The molecule has 0 spiro atoms. The SMILES string of the molecule is CSNC(C)CCCCCOC(C)C. The minimum Gasteiger partial charge on any atom is -0.379 e. The first-order chi connectivity index (χ1) is 6.66. The molecule has 2 nitrogen and oxygen atoms in total. The molecule has 3 heteroatoms. The lowest BCUT2D eigenvalue weighted by atomic mass is 10.1. The molecule has 0 saturated heterocycles. The summed E-state index contributed by atoms with van der Waals surface area (Å²) < 4.78 is 8.82. The first-order valence-corrected chi connectivity index (χ1v) is 6.79. The molecule has 0 saturated carbocycles. The molecule has 0 aromatic carbocycles. The molecule has 86 valence electrons. The lowest BCUT2D eigenvalue weighted by Gasteiger charge is -2.11. The van der Waals surface area contributed by atoms with Crippen molar-refractivity contribution in [3.8, 4) is 0 Å². The summed E-state index contributed by atoms with van der Waals surface area (Å²) in [5, 5.41) is 0. The van der Waals surface area contributed by atoms with Crippen molar-refractivity contribution in [1.82, 2.24) is 4.72 Å². The van der Waals surface area contributed by atoms with E-state index in [0.717, 1.165) is 6.61 Å². The average Bonchev–Trinajstić information content (AvgIpc) is 2.11. The van der Waals surface area contributed by atoms with Crippen LogP contribution in [0.2, 0.25) is 0 Å². The Bertz CT molecular complexity index is 120. The fourth-order valence-corrected chi connectivity index (χ4v) is 1.83. The molecule has 1 atom stereocenters. The number of hydrogen-bond donors (Lipinski definition) is 1. The van der Waals surface area contributed by atoms with Gasteiger partial charge in [-0.3, -0.25) is 4.72 Å². The van der Waals surface area contributed by atoms with E-state index in [9.17, 15) is 0 Å². The molecule has 1 N–H and O–H groups in total. The van der Waals surface area contributed by atoms with Gasteiger partial charge >= 0.3 is 0 Å².